The van der Waals surface area contributed by atoms with Crippen molar-refractivity contribution in [3.05, 3.63) is 58.5 Å². The van der Waals surface area contributed by atoms with Gasteiger partial charge >= 0.3 is 6.18 Å². The molecule has 0 N–H and O–H groups in total. The predicted octanol–water partition coefficient (Wildman–Crippen LogP) is 2.53. The van der Waals surface area contributed by atoms with Gasteiger partial charge in [0.15, 0.2) is 12.4 Å². The summed E-state index contributed by atoms with van der Waals surface area (Å²) in [5, 5.41) is 11.9. The molecule has 12 heteroatoms. The van der Waals surface area contributed by atoms with Crippen molar-refractivity contribution in [2.45, 2.75) is 19.6 Å². The van der Waals surface area contributed by atoms with Gasteiger partial charge in [-0.05, 0) is 18.2 Å². The van der Waals surface area contributed by atoms with Gasteiger partial charge in [-0.25, -0.2) is 9.67 Å². The third-order valence-corrected chi connectivity index (χ3v) is 3.99. The van der Waals surface area contributed by atoms with Crippen LogP contribution in [-0.2, 0) is 6.54 Å². The van der Waals surface area contributed by atoms with Crippen LogP contribution in [0.3, 0.4) is 0 Å². The van der Waals surface area contributed by atoms with E-state index in [9.17, 15) is 18.0 Å². The minimum absolute atomic E-state index is 0.0254. The van der Waals surface area contributed by atoms with Gasteiger partial charge in [0.2, 0.25) is 11.8 Å². The molecule has 0 aliphatic rings. The van der Waals surface area contributed by atoms with E-state index >= 15 is 0 Å². The lowest BCUT2D eigenvalue weighted by Gasteiger charge is -2.09. The normalized spacial score (nSPS) is 11.7. The Morgan fingerprint density at radius 3 is 2.73 bits per heavy atom. The molecule has 1 aromatic carbocycles. The van der Waals surface area contributed by atoms with E-state index in [1.807, 2.05) is 0 Å². The highest BCUT2D eigenvalue weighted by atomic mass is 19.4. The van der Waals surface area contributed by atoms with Gasteiger partial charge in [0, 0.05) is 18.6 Å². The maximum Gasteiger partial charge on any atom is 0.422 e. The fourth-order valence-corrected chi connectivity index (χ4v) is 2.69. The fourth-order valence-electron chi connectivity index (χ4n) is 2.69. The highest BCUT2D eigenvalue weighted by Gasteiger charge is 2.28. The molecule has 0 unspecified atom stereocenters. The largest absolute Gasteiger partial charge is 0.468 e. The average molecular weight is 418 g/mol. The maximum absolute atomic E-state index is 12.8. The van der Waals surface area contributed by atoms with Crippen LogP contribution >= 0.6 is 0 Å². The third-order valence-electron chi connectivity index (χ3n) is 3.99. The second kappa shape index (κ2) is 7.54. The molecule has 0 aliphatic heterocycles. The summed E-state index contributed by atoms with van der Waals surface area (Å²) in [6.07, 6.45) is -4.47. The first kappa shape index (κ1) is 19.5. The molecule has 9 nitrogen and oxygen atoms in total. The number of ether oxygens (including phenoxy) is 1. The van der Waals surface area contributed by atoms with Crippen LogP contribution in [-0.4, -0.2) is 42.9 Å². The van der Waals surface area contributed by atoms with E-state index in [0.29, 0.717) is 22.7 Å². The van der Waals surface area contributed by atoms with Crippen LogP contribution in [0, 0.1) is 6.92 Å². The molecule has 30 heavy (non-hydrogen) atoms. The zero-order chi connectivity index (χ0) is 21.3. The number of hydrogen-bond acceptors (Lipinski definition) is 8. The summed E-state index contributed by atoms with van der Waals surface area (Å²) < 4.78 is 47.7. The first-order chi connectivity index (χ1) is 14.3. The van der Waals surface area contributed by atoms with Gasteiger partial charge in [0.25, 0.3) is 5.56 Å². The molecule has 4 rings (SSSR count). The maximum atomic E-state index is 12.8. The lowest BCUT2D eigenvalue weighted by Crippen LogP contribution is -2.25. The summed E-state index contributed by atoms with van der Waals surface area (Å²) in [4.78, 5) is 20.9. The van der Waals surface area contributed by atoms with Crippen molar-refractivity contribution in [3.63, 3.8) is 0 Å². The highest BCUT2D eigenvalue weighted by Crippen LogP contribution is 2.23. The van der Waals surface area contributed by atoms with Gasteiger partial charge in [0.1, 0.15) is 12.1 Å². The zero-order valence-corrected chi connectivity index (χ0v) is 15.4. The standard InChI is InChI=1S/C18H13F3N6O3/c1-10-22-15(25-30-10)8-27-17(28)12-7-11(5-6-14(12)24-26-27)13-3-2-4-16(23-13)29-9-18(19,20)21/h2-7H,8-9H2,1H3. The van der Waals surface area contributed by atoms with E-state index in [4.69, 9.17) is 4.52 Å². The van der Waals surface area contributed by atoms with Crippen molar-refractivity contribution in [2.24, 2.45) is 0 Å². The summed E-state index contributed by atoms with van der Waals surface area (Å²) in [5.74, 6) is 0.450. The number of hydrogen-bond donors (Lipinski definition) is 0. The van der Waals surface area contributed by atoms with E-state index < -0.39 is 18.3 Å². The molecule has 0 spiro atoms. The van der Waals surface area contributed by atoms with Crippen LogP contribution in [0.25, 0.3) is 22.2 Å². The van der Waals surface area contributed by atoms with Crippen molar-refractivity contribution in [3.8, 4) is 17.1 Å². The number of alkyl halides is 3. The minimum atomic E-state index is -4.47. The van der Waals surface area contributed by atoms with Gasteiger partial charge < -0.3 is 9.26 Å². The minimum Gasteiger partial charge on any atom is -0.468 e. The van der Waals surface area contributed by atoms with Crippen LogP contribution in [0.2, 0.25) is 0 Å². The van der Waals surface area contributed by atoms with Gasteiger partial charge in [-0.15, -0.1) is 5.10 Å². The van der Waals surface area contributed by atoms with Crippen molar-refractivity contribution < 1.29 is 22.4 Å². The number of halogens is 3. The Balaban J connectivity index is 1.67. The molecule has 0 radical (unpaired) electrons. The first-order valence-electron chi connectivity index (χ1n) is 8.62. The van der Waals surface area contributed by atoms with Crippen LogP contribution < -0.4 is 10.3 Å². The van der Waals surface area contributed by atoms with Crippen molar-refractivity contribution in [2.75, 3.05) is 6.61 Å². The Labute approximate surface area is 166 Å². The number of benzene rings is 1. The number of rotatable bonds is 5. The molecule has 0 saturated heterocycles. The van der Waals surface area contributed by atoms with Gasteiger partial charge in [-0.3, -0.25) is 4.79 Å². The number of pyridine rings is 1. The zero-order valence-electron chi connectivity index (χ0n) is 15.4. The van der Waals surface area contributed by atoms with E-state index in [-0.39, 0.29) is 23.6 Å². The molecule has 0 amide bonds. The molecule has 4 aromatic rings. The molecular formula is C18H13F3N6O3. The summed E-state index contributed by atoms with van der Waals surface area (Å²) in [6, 6.07) is 9.19. The van der Waals surface area contributed by atoms with Gasteiger partial charge in [-0.1, -0.05) is 22.5 Å². The Kier molecular flexibility index (Phi) is 4.90. The molecule has 3 aromatic heterocycles. The Morgan fingerprint density at radius 2 is 2.00 bits per heavy atom. The number of aromatic nitrogens is 6. The summed E-state index contributed by atoms with van der Waals surface area (Å²) >= 11 is 0. The second-order valence-corrected chi connectivity index (χ2v) is 6.28. The number of fused-ring (bicyclic) bond motifs is 1. The third kappa shape index (κ3) is 4.26. The molecule has 3 heterocycles. The van der Waals surface area contributed by atoms with E-state index in [2.05, 4.69) is 30.2 Å². The molecule has 0 aliphatic carbocycles. The molecule has 0 fully saturated rings. The Morgan fingerprint density at radius 1 is 1.17 bits per heavy atom. The monoisotopic (exact) mass is 418 g/mol. The van der Waals surface area contributed by atoms with Crippen molar-refractivity contribution in [1.82, 2.24) is 30.1 Å². The predicted molar refractivity (Wildman–Crippen MR) is 96.7 cm³/mol. The fraction of sp³-hybridized carbons (Fsp3) is 0.222. The van der Waals surface area contributed by atoms with E-state index in [0.717, 1.165) is 4.68 Å². The summed E-state index contributed by atoms with van der Waals surface area (Å²) in [7, 11) is 0. The second-order valence-electron chi connectivity index (χ2n) is 6.28. The molecular weight excluding hydrogens is 405 g/mol. The lowest BCUT2D eigenvalue weighted by atomic mass is 10.1. The van der Waals surface area contributed by atoms with Crippen molar-refractivity contribution in [1.29, 1.82) is 0 Å². The highest BCUT2D eigenvalue weighted by molar-refractivity contribution is 5.82. The summed E-state index contributed by atoms with van der Waals surface area (Å²) in [6.45, 7) is 0.149. The SMILES string of the molecule is Cc1nc(Cn2nnc3ccc(-c4cccc(OCC(F)(F)F)n4)cc3c2=O)no1. The molecule has 0 atom stereocenters. The number of nitrogens with zero attached hydrogens (tertiary/aromatic N) is 6. The summed E-state index contributed by atoms with van der Waals surface area (Å²) in [5.41, 5.74) is 0.766. The van der Waals surface area contributed by atoms with E-state index in [1.54, 1.807) is 31.2 Å². The van der Waals surface area contributed by atoms with Crippen molar-refractivity contribution >= 4 is 10.9 Å². The molecule has 154 valence electrons. The van der Waals surface area contributed by atoms with Gasteiger partial charge in [0.05, 0.1) is 11.1 Å². The first-order valence-corrected chi connectivity index (χ1v) is 8.62. The van der Waals surface area contributed by atoms with Crippen LogP contribution in [0.1, 0.15) is 11.7 Å². The molecule has 0 bridgehead atoms. The quantitative estimate of drug-likeness (QED) is 0.487. The topological polar surface area (TPSA) is 109 Å². The van der Waals surface area contributed by atoms with Crippen LogP contribution in [0.5, 0.6) is 5.88 Å². The molecule has 0 saturated carbocycles. The van der Waals surface area contributed by atoms with Crippen LogP contribution in [0.15, 0.2) is 45.7 Å². The Bertz CT molecular complexity index is 1270. The Hall–Kier alpha value is -3.83. The lowest BCUT2D eigenvalue weighted by molar-refractivity contribution is -0.154. The van der Waals surface area contributed by atoms with Gasteiger partial charge in [-0.2, -0.15) is 18.2 Å². The smallest absolute Gasteiger partial charge is 0.422 e. The van der Waals surface area contributed by atoms with E-state index in [1.165, 1.54) is 12.1 Å². The number of aryl methyl sites for hydroxylation is 1. The van der Waals surface area contributed by atoms with Crippen LogP contribution in [0.4, 0.5) is 13.2 Å². The average Bonchev–Trinajstić information content (AvgIpc) is 3.13.